The molecule has 1 fully saturated rings. The topological polar surface area (TPSA) is 47.3 Å². The Morgan fingerprint density at radius 3 is 2.45 bits per heavy atom. The fourth-order valence-electron chi connectivity index (χ4n) is 3.37. The van der Waals surface area contributed by atoms with Crippen LogP contribution in [0, 0.1) is 12.8 Å². The minimum Gasteiger partial charge on any atom is -0.369 e. The van der Waals surface area contributed by atoms with Gasteiger partial charge in [-0.1, -0.05) is 23.7 Å². The van der Waals surface area contributed by atoms with Crippen molar-refractivity contribution in [2.75, 3.05) is 0 Å². The van der Waals surface area contributed by atoms with Crippen molar-refractivity contribution in [3.63, 3.8) is 0 Å². The second-order valence-corrected chi connectivity index (χ2v) is 7.34. The van der Waals surface area contributed by atoms with Crippen LogP contribution in [0.4, 0.5) is 0 Å². The maximum Gasteiger partial charge on any atom is 0.0681 e. The number of nitrogens with one attached hydrogen (secondary N) is 1. The smallest absolute Gasteiger partial charge is 0.0681 e. The number of hydrazine groups is 1. The summed E-state index contributed by atoms with van der Waals surface area (Å²) in [5.41, 5.74) is 4.80. The van der Waals surface area contributed by atoms with Crippen molar-refractivity contribution in [2.45, 2.75) is 58.3 Å². The van der Waals surface area contributed by atoms with E-state index in [1.165, 1.54) is 0 Å². The summed E-state index contributed by atoms with van der Waals surface area (Å²) in [5, 5.41) is 0.777. The van der Waals surface area contributed by atoms with Gasteiger partial charge >= 0.3 is 0 Å². The summed E-state index contributed by atoms with van der Waals surface area (Å²) in [7, 11) is 0. The molecule has 4 heteroatoms. The minimum absolute atomic E-state index is 0.0323. The molecule has 3 N–H and O–H groups in total. The molecule has 0 radical (unpaired) electrons. The van der Waals surface area contributed by atoms with E-state index < -0.39 is 0 Å². The van der Waals surface area contributed by atoms with Gasteiger partial charge in [0.05, 0.1) is 17.2 Å². The number of hydrogen-bond acceptors (Lipinski definition) is 3. The summed E-state index contributed by atoms with van der Waals surface area (Å²) in [6, 6.07) is 6.16. The highest BCUT2D eigenvalue weighted by Crippen LogP contribution is 2.47. The van der Waals surface area contributed by atoms with Crippen LogP contribution in [-0.4, -0.2) is 11.2 Å². The number of hydrogen-bond donors (Lipinski definition) is 2. The minimum atomic E-state index is -0.224. The van der Waals surface area contributed by atoms with E-state index in [1.807, 2.05) is 19.1 Å². The van der Waals surface area contributed by atoms with E-state index in [1.54, 1.807) is 0 Å². The van der Waals surface area contributed by atoms with Crippen molar-refractivity contribution in [3.05, 3.63) is 34.3 Å². The molecule has 1 saturated heterocycles. The van der Waals surface area contributed by atoms with Gasteiger partial charge in [-0.25, -0.2) is 0 Å². The first-order valence-electron chi connectivity index (χ1n) is 7.09. The van der Waals surface area contributed by atoms with Crippen LogP contribution in [0.2, 0.25) is 5.02 Å². The van der Waals surface area contributed by atoms with Crippen molar-refractivity contribution >= 4 is 11.6 Å². The number of nitrogens with two attached hydrogens (primary N) is 1. The fourth-order valence-corrected chi connectivity index (χ4v) is 3.56. The first-order chi connectivity index (χ1) is 9.16. The van der Waals surface area contributed by atoms with E-state index >= 15 is 0 Å². The van der Waals surface area contributed by atoms with Crippen LogP contribution in [-0.2, 0) is 4.74 Å². The average Bonchev–Trinajstić information content (AvgIpc) is 2.53. The molecule has 0 saturated carbocycles. The number of aryl methyl sites for hydroxylation is 1. The lowest BCUT2D eigenvalue weighted by Crippen LogP contribution is -2.41. The number of rotatable bonds is 3. The summed E-state index contributed by atoms with van der Waals surface area (Å²) in [6.07, 6.45) is 0.959. The maximum atomic E-state index is 6.25. The molecule has 2 unspecified atom stereocenters. The van der Waals surface area contributed by atoms with Crippen LogP contribution in [0.15, 0.2) is 18.2 Å². The van der Waals surface area contributed by atoms with E-state index in [4.69, 9.17) is 22.2 Å². The summed E-state index contributed by atoms with van der Waals surface area (Å²) in [6.45, 7) is 10.5. The predicted octanol–water partition coefficient (Wildman–Crippen LogP) is 3.75. The first-order valence-corrected chi connectivity index (χ1v) is 7.46. The molecule has 0 spiro atoms. The predicted molar refractivity (Wildman–Crippen MR) is 83.6 cm³/mol. The Bertz CT molecular complexity index is 499. The van der Waals surface area contributed by atoms with E-state index in [2.05, 4.69) is 39.2 Å². The van der Waals surface area contributed by atoms with Crippen LogP contribution in [0.3, 0.4) is 0 Å². The van der Waals surface area contributed by atoms with Crippen LogP contribution in [0.25, 0.3) is 0 Å². The summed E-state index contributed by atoms with van der Waals surface area (Å²) < 4.78 is 6.18. The molecule has 0 aromatic heterocycles. The molecule has 0 bridgehead atoms. The van der Waals surface area contributed by atoms with Crippen molar-refractivity contribution in [1.29, 1.82) is 0 Å². The number of ether oxygens (including phenoxy) is 1. The molecule has 2 rings (SSSR count). The highest BCUT2D eigenvalue weighted by atomic mass is 35.5. The zero-order valence-corrected chi connectivity index (χ0v) is 13.7. The second kappa shape index (κ2) is 5.30. The zero-order valence-electron chi connectivity index (χ0n) is 13.0. The van der Waals surface area contributed by atoms with Gasteiger partial charge in [0.1, 0.15) is 0 Å². The fraction of sp³-hybridized carbons (Fsp3) is 0.625. The molecular formula is C16H25ClN2O. The molecule has 20 heavy (non-hydrogen) atoms. The van der Waals surface area contributed by atoms with Gasteiger partial charge in [0.15, 0.2) is 0 Å². The van der Waals surface area contributed by atoms with Crippen LogP contribution < -0.4 is 11.3 Å². The molecule has 1 aliphatic heterocycles. The Morgan fingerprint density at radius 2 is 2.00 bits per heavy atom. The van der Waals surface area contributed by atoms with Gasteiger partial charge in [0.2, 0.25) is 0 Å². The van der Waals surface area contributed by atoms with Crippen molar-refractivity contribution in [3.8, 4) is 0 Å². The second-order valence-electron chi connectivity index (χ2n) is 6.93. The maximum absolute atomic E-state index is 6.25. The highest BCUT2D eigenvalue weighted by Gasteiger charge is 2.49. The number of benzene rings is 1. The molecule has 2 atom stereocenters. The Hall–Kier alpha value is -0.610. The van der Waals surface area contributed by atoms with Crippen molar-refractivity contribution in [1.82, 2.24) is 5.43 Å². The number of halogens is 1. The van der Waals surface area contributed by atoms with E-state index in [-0.39, 0.29) is 17.2 Å². The summed E-state index contributed by atoms with van der Waals surface area (Å²) >= 11 is 6.25. The van der Waals surface area contributed by atoms with Gasteiger partial charge in [-0.15, -0.1) is 0 Å². The summed E-state index contributed by atoms with van der Waals surface area (Å²) in [5.74, 6) is 6.13. The highest BCUT2D eigenvalue weighted by molar-refractivity contribution is 6.31. The zero-order chi connectivity index (χ0) is 15.1. The van der Waals surface area contributed by atoms with Gasteiger partial charge in [-0.05, 0) is 58.2 Å². The van der Waals surface area contributed by atoms with Crippen molar-refractivity contribution in [2.24, 2.45) is 11.8 Å². The average molecular weight is 297 g/mol. The third-order valence-corrected chi connectivity index (χ3v) is 4.69. The Balaban J connectivity index is 2.35. The van der Waals surface area contributed by atoms with Gasteiger partial charge in [-0.3, -0.25) is 11.3 Å². The molecule has 0 aliphatic carbocycles. The van der Waals surface area contributed by atoms with Crippen LogP contribution in [0.1, 0.15) is 51.3 Å². The lowest BCUT2D eigenvalue weighted by atomic mass is 9.79. The van der Waals surface area contributed by atoms with Crippen LogP contribution in [0.5, 0.6) is 0 Å². The van der Waals surface area contributed by atoms with Gasteiger partial charge in [0, 0.05) is 10.9 Å². The quantitative estimate of drug-likeness (QED) is 0.660. The lowest BCUT2D eigenvalue weighted by molar-refractivity contribution is -0.0779. The van der Waals surface area contributed by atoms with Crippen LogP contribution >= 0.6 is 11.6 Å². The van der Waals surface area contributed by atoms with Gasteiger partial charge < -0.3 is 4.74 Å². The monoisotopic (exact) mass is 296 g/mol. The lowest BCUT2D eigenvalue weighted by Gasteiger charge is -2.33. The first kappa shape index (κ1) is 15.8. The molecule has 112 valence electrons. The third-order valence-electron chi connectivity index (χ3n) is 4.28. The largest absolute Gasteiger partial charge is 0.369 e. The molecular weight excluding hydrogens is 272 g/mol. The van der Waals surface area contributed by atoms with Gasteiger partial charge in [0.25, 0.3) is 0 Å². The SMILES string of the molecule is Cc1ccc(C(NN)C2CC(C)(C)OC2(C)C)cc1Cl. The molecule has 3 nitrogen and oxygen atoms in total. The van der Waals surface area contributed by atoms with Gasteiger partial charge in [-0.2, -0.15) is 0 Å². The Kier molecular flexibility index (Phi) is 4.18. The van der Waals surface area contributed by atoms with E-state index in [9.17, 15) is 0 Å². The standard InChI is InChI=1S/C16H25ClN2O/c1-10-6-7-11(8-13(10)17)14(19-18)12-9-15(2,3)20-16(12,4)5/h6-8,12,14,19H,9,18H2,1-5H3. The third kappa shape index (κ3) is 3.01. The molecule has 1 aromatic rings. The Labute approximate surface area is 126 Å². The van der Waals surface area contributed by atoms with Crippen molar-refractivity contribution < 1.29 is 4.74 Å². The molecule has 1 aromatic carbocycles. The van der Waals surface area contributed by atoms with E-state index in [0.29, 0.717) is 5.92 Å². The van der Waals surface area contributed by atoms with E-state index in [0.717, 1.165) is 22.6 Å². The summed E-state index contributed by atoms with van der Waals surface area (Å²) in [4.78, 5) is 0. The Morgan fingerprint density at radius 1 is 1.35 bits per heavy atom. The molecule has 0 amide bonds. The molecule has 1 aliphatic rings. The molecule has 1 heterocycles. The normalized spacial score (nSPS) is 25.6.